The van der Waals surface area contributed by atoms with Crippen molar-refractivity contribution in [3.63, 3.8) is 0 Å². The van der Waals surface area contributed by atoms with Crippen LogP contribution >= 0.6 is 0 Å². The summed E-state index contributed by atoms with van der Waals surface area (Å²) >= 11 is 0. The Bertz CT molecular complexity index is 919. The van der Waals surface area contributed by atoms with Crippen LogP contribution in [0.4, 0.5) is 0 Å². The fraction of sp³-hybridized carbons (Fsp3) is 0.545. The molecule has 0 atom stereocenters. The van der Waals surface area contributed by atoms with Gasteiger partial charge in [0.25, 0.3) is 5.91 Å². The molecule has 5 heteroatoms. The predicted molar refractivity (Wildman–Crippen MR) is 102 cm³/mol. The maximum absolute atomic E-state index is 12.8. The summed E-state index contributed by atoms with van der Waals surface area (Å²) in [4.78, 5) is 25.0. The van der Waals surface area contributed by atoms with Gasteiger partial charge in [0.15, 0.2) is 0 Å². The molecule has 4 saturated carbocycles. The van der Waals surface area contributed by atoms with Crippen LogP contribution in [0, 0.1) is 23.7 Å². The molecule has 1 N–H and O–H groups in total. The molecule has 0 unspecified atom stereocenters. The van der Waals surface area contributed by atoms with Crippen molar-refractivity contribution in [1.29, 1.82) is 0 Å². The molecule has 0 radical (unpaired) electrons. The molecular formula is C22H25NO4. The molecule has 5 nitrogen and oxygen atoms in total. The van der Waals surface area contributed by atoms with E-state index in [1.54, 1.807) is 25.3 Å². The van der Waals surface area contributed by atoms with E-state index in [2.05, 4.69) is 5.32 Å². The lowest BCUT2D eigenvalue weighted by molar-refractivity contribution is -0.186. The number of fused-ring (bicyclic) bond motifs is 1. The van der Waals surface area contributed by atoms with Crippen molar-refractivity contribution in [1.82, 2.24) is 5.32 Å². The molecule has 0 saturated heterocycles. The minimum Gasteiger partial charge on any atom is -0.422 e. The number of carbonyl (C=O) groups excluding carboxylic acids is 1. The molecule has 1 aromatic carbocycles. The van der Waals surface area contributed by atoms with Crippen molar-refractivity contribution in [2.45, 2.75) is 37.7 Å². The molecule has 0 spiro atoms. The highest BCUT2D eigenvalue weighted by molar-refractivity contribution is 5.96. The zero-order valence-electron chi connectivity index (χ0n) is 15.6. The third-order valence-electron chi connectivity index (χ3n) is 7.31. The quantitative estimate of drug-likeness (QED) is 0.842. The number of carbonyl (C=O) groups is 1. The second-order valence-electron chi connectivity index (χ2n) is 8.63. The molecular weight excluding hydrogens is 342 g/mol. The monoisotopic (exact) mass is 367 g/mol. The van der Waals surface area contributed by atoms with E-state index >= 15 is 0 Å². The first-order chi connectivity index (χ1) is 13.1. The fourth-order valence-corrected chi connectivity index (χ4v) is 6.21. The van der Waals surface area contributed by atoms with Crippen LogP contribution in [0.25, 0.3) is 11.0 Å². The molecule has 142 valence electrons. The summed E-state index contributed by atoms with van der Waals surface area (Å²) in [6, 6.07) is 8.85. The average Bonchev–Trinajstić information content (AvgIpc) is 2.67. The summed E-state index contributed by atoms with van der Waals surface area (Å²) in [5, 5.41) is 3.75. The minimum absolute atomic E-state index is 0.0590. The van der Waals surface area contributed by atoms with Crippen LogP contribution in [0.1, 0.15) is 42.5 Å². The Balaban J connectivity index is 1.38. The Labute approximate surface area is 158 Å². The predicted octanol–water partition coefficient (Wildman–Crippen LogP) is 3.36. The molecule has 4 bridgehead atoms. The van der Waals surface area contributed by atoms with Gasteiger partial charge in [-0.25, -0.2) is 4.79 Å². The zero-order chi connectivity index (χ0) is 18.6. The minimum atomic E-state index is -0.595. The lowest BCUT2D eigenvalue weighted by Gasteiger charge is -2.60. The third-order valence-corrected chi connectivity index (χ3v) is 7.31. The Hall–Kier alpha value is -2.14. The normalized spacial score (nSPS) is 34.1. The van der Waals surface area contributed by atoms with E-state index in [0.717, 1.165) is 17.2 Å². The van der Waals surface area contributed by atoms with Crippen LogP contribution < -0.4 is 10.9 Å². The first-order valence-corrected chi connectivity index (χ1v) is 9.95. The zero-order valence-corrected chi connectivity index (χ0v) is 15.6. The highest BCUT2D eigenvalue weighted by Crippen LogP contribution is 2.59. The second-order valence-corrected chi connectivity index (χ2v) is 8.63. The van der Waals surface area contributed by atoms with Crippen LogP contribution in [0.2, 0.25) is 0 Å². The molecule has 1 amide bonds. The van der Waals surface area contributed by atoms with Gasteiger partial charge < -0.3 is 14.5 Å². The van der Waals surface area contributed by atoms with Crippen LogP contribution in [0.3, 0.4) is 0 Å². The number of amides is 1. The number of hydrogen-bond donors (Lipinski definition) is 1. The Kier molecular flexibility index (Phi) is 3.90. The number of para-hydroxylation sites is 1. The highest BCUT2D eigenvalue weighted by atomic mass is 16.5. The van der Waals surface area contributed by atoms with E-state index in [9.17, 15) is 9.59 Å². The van der Waals surface area contributed by atoms with Gasteiger partial charge in [-0.3, -0.25) is 4.79 Å². The summed E-state index contributed by atoms with van der Waals surface area (Å²) in [5.74, 6) is 2.30. The molecule has 0 aliphatic heterocycles. The highest BCUT2D eigenvalue weighted by Gasteiger charge is 2.57. The number of rotatable bonds is 4. The summed E-state index contributed by atoms with van der Waals surface area (Å²) in [6.45, 7) is 0.462. The molecule has 6 rings (SSSR count). The molecule has 27 heavy (non-hydrogen) atoms. The first kappa shape index (κ1) is 17.0. The third kappa shape index (κ3) is 2.63. The van der Waals surface area contributed by atoms with E-state index < -0.39 is 5.63 Å². The van der Waals surface area contributed by atoms with Gasteiger partial charge in [-0.1, -0.05) is 18.2 Å². The van der Waals surface area contributed by atoms with Gasteiger partial charge in [0.05, 0.1) is 5.60 Å². The number of nitrogens with one attached hydrogen (secondary N) is 1. The fourth-order valence-electron chi connectivity index (χ4n) is 6.21. The van der Waals surface area contributed by atoms with Crippen LogP contribution in [0.15, 0.2) is 39.5 Å². The van der Waals surface area contributed by atoms with Crippen molar-refractivity contribution in [3.8, 4) is 0 Å². The smallest absolute Gasteiger partial charge is 0.349 e. The number of hydrogen-bond acceptors (Lipinski definition) is 4. The van der Waals surface area contributed by atoms with Crippen molar-refractivity contribution < 1.29 is 13.9 Å². The van der Waals surface area contributed by atoms with Gasteiger partial charge in [-0.2, -0.15) is 0 Å². The number of benzene rings is 1. The van der Waals surface area contributed by atoms with Crippen LogP contribution in [0.5, 0.6) is 0 Å². The lowest BCUT2D eigenvalue weighted by Crippen LogP contribution is -2.63. The standard InChI is InChI=1S/C22H25NO4/c1-26-22(16-7-13-6-14(9-16)10-17(22)8-13)12-23-20(24)18-11-15-4-2-3-5-19(15)27-21(18)25/h2-5,11,13-14,16-17H,6-10,12H2,1H3,(H,23,24). The van der Waals surface area contributed by atoms with Crippen LogP contribution in [-0.4, -0.2) is 25.2 Å². The van der Waals surface area contributed by atoms with E-state index in [4.69, 9.17) is 9.15 Å². The van der Waals surface area contributed by atoms with Crippen molar-refractivity contribution in [2.24, 2.45) is 23.7 Å². The van der Waals surface area contributed by atoms with Gasteiger partial charge >= 0.3 is 5.63 Å². The van der Waals surface area contributed by atoms with Gasteiger partial charge in [0.1, 0.15) is 11.1 Å². The Morgan fingerprint density at radius 2 is 1.81 bits per heavy atom. The SMILES string of the molecule is COC1(CNC(=O)c2cc3ccccc3oc2=O)C2CC3CC(C2)CC1C3. The maximum Gasteiger partial charge on any atom is 0.349 e. The Morgan fingerprint density at radius 1 is 1.15 bits per heavy atom. The molecule has 2 aromatic rings. The van der Waals surface area contributed by atoms with Gasteiger partial charge in [0, 0.05) is 19.0 Å². The Morgan fingerprint density at radius 3 is 2.48 bits per heavy atom. The van der Waals surface area contributed by atoms with Crippen molar-refractivity contribution >= 4 is 16.9 Å². The van der Waals surface area contributed by atoms with E-state index in [1.807, 2.05) is 12.1 Å². The second kappa shape index (κ2) is 6.20. The van der Waals surface area contributed by atoms with Crippen molar-refractivity contribution in [3.05, 3.63) is 46.3 Å². The summed E-state index contributed by atoms with van der Waals surface area (Å²) in [5.41, 5.74) is -0.333. The maximum atomic E-state index is 12.8. The molecule has 1 aromatic heterocycles. The summed E-state index contributed by atoms with van der Waals surface area (Å²) in [7, 11) is 1.78. The molecule has 4 aliphatic rings. The lowest BCUT2D eigenvalue weighted by atomic mass is 9.49. The number of methoxy groups -OCH3 is 1. The molecule has 4 aliphatic carbocycles. The van der Waals surface area contributed by atoms with Gasteiger partial charge in [-0.05, 0) is 67.9 Å². The summed E-state index contributed by atoms with van der Waals surface area (Å²) < 4.78 is 11.4. The topological polar surface area (TPSA) is 68.5 Å². The van der Waals surface area contributed by atoms with E-state index in [-0.39, 0.29) is 17.1 Å². The first-order valence-electron chi connectivity index (χ1n) is 9.95. The summed E-state index contributed by atoms with van der Waals surface area (Å²) in [6.07, 6.45) is 6.19. The van der Waals surface area contributed by atoms with Gasteiger partial charge in [0.2, 0.25) is 0 Å². The average molecular weight is 367 g/mol. The van der Waals surface area contributed by atoms with Gasteiger partial charge in [-0.15, -0.1) is 0 Å². The number of ether oxygens (including phenoxy) is 1. The molecule has 1 heterocycles. The molecule has 4 fully saturated rings. The largest absolute Gasteiger partial charge is 0.422 e. The van der Waals surface area contributed by atoms with E-state index in [0.29, 0.717) is 24.0 Å². The van der Waals surface area contributed by atoms with Crippen LogP contribution in [-0.2, 0) is 4.74 Å². The van der Waals surface area contributed by atoms with Crippen molar-refractivity contribution in [2.75, 3.05) is 13.7 Å². The van der Waals surface area contributed by atoms with E-state index in [1.165, 1.54) is 32.1 Å².